The van der Waals surface area contributed by atoms with E-state index in [0.717, 1.165) is 46.5 Å². The lowest BCUT2D eigenvalue weighted by molar-refractivity contribution is 0.0820. The lowest BCUT2D eigenvalue weighted by Gasteiger charge is -2.18. The zero-order valence-corrected chi connectivity index (χ0v) is 21.7. The zero-order chi connectivity index (χ0) is 24.1. The lowest BCUT2D eigenvalue weighted by Crippen LogP contribution is -2.41. The SMILES string of the molecule is O=C(NN1CC2C=CCC2C1)c1cc(Cl)cn2c(-c3ccc(Cl)cc3)c(-c3ccc(Br)cc3)nc12. The van der Waals surface area contributed by atoms with Gasteiger partial charge in [0.2, 0.25) is 0 Å². The summed E-state index contributed by atoms with van der Waals surface area (Å²) in [7, 11) is 0. The highest BCUT2D eigenvalue weighted by Crippen LogP contribution is 2.36. The Morgan fingerprint density at radius 1 is 1.00 bits per heavy atom. The van der Waals surface area contributed by atoms with E-state index in [9.17, 15) is 4.79 Å². The number of carbonyl (C=O) groups is 1. The summed E-state index contributed by atoms with van der Waals surface area (Å²) >= 11 is 16.2. The predicted molar refractivity (Wildman–Crippen MR) is 144 cm³/mol. The molecule has 0 bridgehead atoms. The summed E-state index contributed by atoms with van der Waals surface area (Å²) in [6.07, 6.45) is 7.37. The van der Waals surface area contributed by atoms with E-state index in [2.05, 4.69) is 33.5 Å². The van der Waals surface area contributed by atoms with Crippen molar-refractivity contribution in [3.63, 3.8) is 0 Å². The van der Waals surface area contributed by atoms with Crippen molar-refractivity contribution < 1.29 is 4.79 Å². The number of rotatable bonds is 4. The number of hydrazine groups is 1. The Morgan fingerprint density at radius 2 is 1.74 bits per heavy atom. The third-order valence-corrected chi connectivity index (χ3v) is 7.73. The van der Waals surface area contributed by atoms with Gasteiger partial charge in [-0.2, -0.15) is 0 Å². The number of aromatic nitrogens is 2. The fraction of sp³-hybridized carbons (Fsp3) is 0.185. The molecule has 5 nitrogen and oxygen atoms in total. The standard InChI is InChI=1S/C27H21BrCl2N4O/c28-20-8-4-16(5-9-20)24-25(17-6-10-21(29)11-7-17)34-15-22(30)12-23(26(34)31-24)27(35)32-33-13-18-2-1-3-19(18)14-33/h1-2,4-12,15,18-19H,3,13-14H2,(H,32,35). The van der Waals surface area contributed by atoms with Crippen molar-refractivity contribution in [1.29, 1.82) is 0 Å². The van der Waals surface area contributed by atoms with E-state index in [1.165, 1.54) is 0 Å². The van der Waals surface area contributed by atoms with Gasteiger partial charge in [0, 0.05) is 39.9 Å². The van der Waals surface area contributed by atoms with Gasteiger partial charge in [0.05, 0.1) is 22.0 Å². The van der Waals surface area contributed by atoms with Crippen LogP contribution >= 0.6 is 39.1 Å². The van der Waals surface area contributed by atoms with Crippen molar-refractivity contribution in [3.05, 3.63) is 93.0 Å². The summed E-state index contributed by atoms with van der Waals surface area (Å²) in [4.78, 5) is 18.4. The van der Waals surface area contributed by atoms with E-state index in [-0.39, 0.29) is 5.91 Å². The Kier molecular flexibility index (Phi) is 5.93. The molecule has 1 saturated heterocycles. The maximum atomic E-state index is 13.5. The minimum atomic E-state index is -0.212. The Hall–Kier alpha value is -2.64. The summed E-state index contributed by atoms with van der Waals surface area (Å²) in [5, 5.41) is 3.12. The Labute approximate surface area is 221 Å². The first kappa shape index (κ1) is 22.8. The molecule has 2 aromatic carbocycles. The Bertz CT molecular complexity index is 1460. The second-order valence-electron chi connectivity index (χ2n) is 9.02. The van der Waals surface area contributed by atoms with Crippen LogP contribution < -0.4 is 5.43 Å². The first-order valence-electron chi connectivity index (χ1n) is 11.4. The molecular formula is C27H21BrCl2N4O. The number of hydrogen-bond acceptors (Lipinski definition) is 3. The minimum absolute atomic E-state index is 0.212. The van der Waals surface area contributed by atoms with Crippen LogP contribution in [-0.2, 0) is 0 Å². The summed E-state index contributed by atoms with van der Waals surface area (Å²) in [6.45, 7) is 1.66. The molecule has 2 aliphatic rings. The quantitative estimate of drug-likeness (QED) is 0.273. The van der Waals surface area contributed by atoms with E-state index < -0.39 is 0 Å². The van der Waals surface area contributed by atoms with Crippen molar-refractivity contribution in [2.45, 2.75) is 6.42 Å². The average Bonchev–Trinajstić information content (AvgIpc) is 3.53. The van der Waals surface area contributed by atoms with Crippen LogP contribution in [0.25, 0.3) is 28.2 Å². The Morgan fingerprint density at radius 3 is 2.49 bits per heavy atom. The van der Waals surface area contributed by atoms with Crippen molar-refractivity contribution in [2.24, 2.45) is 11.8 Å². The number of hydrogen-bond donors (Lipinski definition) is 1. The lowest BCUT2D eigenvalue weighted by atomic mass is 10.0. The molecule has 2 atom stereocenters. The molecule has 1 aliphatic carbocycles. The first-order chi connectivity index (χ1) is 17.0. The highest BCUT2D eigenvalue weighted by Gasteiger charge is 2.34. The number of amides is 1. The number of carbonyl (C=O) groups excluding carboxylic acids is 1. The summed E-state index contributed by atoms with van der Waals surface area (Å²) in [5.74, 6) is 0.861. The number of allylic oxidation sites excluding steroid dienone is 1. The van der Waals surface area contributed by atoms with Gasteiger partial charge in [-0.25, -0.2) is 9.99 Å². The fourth-order valence-corrected chi connectivity index (χ4v) is 5.66. The van der Waals surface area contributed by atoms with Gasteiger partial charge in [-0.15, -0.1) is 0 Å². The van der Waals surface area contributed by atoms with Crippen LogP contribution in [0.2, 0.25) is 10.0 Å². The van der Waals surface area contributed by atoms with Gasteiger partial charge in [0.15, 0.2) is 5.65 Å². The fourth-order valence-electron chi connectivity index (χ4n) is 5.06. The van der Waals surface area contributed by atoms with Gasteiger partial charge < -0.3 is 0 Å². The van der Waals surface area contributed by atoms with Gasteiger partial charge in [-0.3, -0.25) is 14.6 Å². The smallest absolute Gasteiger partial charge is 0.269 e. The number of nitrogens with one attached hydrogen (secondary N) is 1. The van der Waals surface area contributed by atoms with Crippen LogP contribution in [0.15, 0.2) is 77.4 Å². The van der Waals surface area contributed by atoms with Crippen LogP contribution in [-0.4, -0.2) is 33.4 Å². The maximum absolute atomic E-state index is 13.5. The number of nitrogens with zero attached hydrogens (tertiary/aromatic N) is 3. The predicted octanol–water partition coefficient (Wildman–Crippen LogP) is 6.89. The second kappa shape index (κ2) is 9.10. The number of fused-ring (bicyclic) bond motifs is 2. The van der Waals surface area contributed by atoms with Gasteiger partial charge in [0.1, 0.15) is 0 Å². The summed E-state index contributed by atoms with van der Waals surface area (Å²) in [6, 6.07) is 17.2. The normalized spacial score (nSPS) is 19.4. The molecule has 1 aliphatic heterocycles. The van der Waals surface area contributed by atoms with Crippen LogP contribution in [0.3, 0.4) is 0 Å². The molecule has 8 heteroatoms. The number of imidazole rings is 1. The molecule has 0 radical (unpaired) electrons. The summed E-state index contributed by atoms with van der Waals surface area (Å²) in [5.41, 5.74) is 7.54. The van der Waals surface area contributed by atoms with E-state index in [1.807, 2.05) is 57.9 Å². The van der Waals surface area contributed by atoms with Gasteiger partial charge in [0.25, 0.3) is 5.91 Å². The molecule has 1 N–H and O–H groups in total. The molecule has 1 fully saturated rings. The van der Waals surface area contributed by atoms with Crippen LogP contribution in [0, 0.1) is 11.8 Å². The molecule has 6 rings (SSSR count). The van der Waals surface area contributed by atoms with Crippen LogP contribution in [0.4, 0.5) is 0 Å². The molecule has 3 heterocycles. The molecule has 1 amide bonds. The molecule has 2 aromatic heterocycles. The molecule has 0 saturated carbocycles. The minimum Gasteiger partial charge on any atom is -0.297 e. The van der Waals surface area contributed by atoms with Crippen molar-refractivity contribution in [2.75, 3.05) is 13.1 Å². The van der Waals surface area contributed by atoms with E-state index in [1.54, 1.807) is 12.3 Å². The van der Waals surface area contributed by atoms with Crippen LogP contribution in [0.1, 0.15) is 16.8 Å². The molecular weight excluding hydrogens is 547 g/mol. The van der Waals surface area contributed by atoms with Gasteiger partial charge in [-0.1, -0.05) is 75.5 Å². The highest BCUT2D eigenvalue weighted by atomic mass is 79.9. The van der Waals surface area contributed by atoms with Crippen molar-refractivity contribution in [1.82, 2.24) is 19.8 Å². The van der Waals surface area contributed by atoms with E-state index in [0.29, 0.717) is 33.1 Å². The molecule has 35 heavy (non-hydrogen) atoms. The summed E-state index contributed by atoms with van der Waals surface area (Å²) < 4.78 is 2.88. The third kappa shape index (κ3) is 4.29. The first-order valence-corrected chi connectivity index (χ1v) is 13.0. The highest BCUT2D eigenvalue weighted by molar-refractivity contribution is 9.10. The molecule has 2 unspecified atom stereocenters. The number of benzene rings is 2. The van der Waals surface area contributed by atoms with E-state index >= 15 is 0 Å². The number of pyridine rings is 1. The second-order valence-corrected chi connectivity index (χ2v) is 10.8. The average molecular weight is 568 g/mol. The van der Waals surface area contributed by atoms with Gasteiger partial charge >= 0.3 is 0 Å². The van der Waals surface area contributed by atoms with Crippen molar-refractivity contribution in [3.8, 4) is 22.5 Å². The largest absolute Gasteiger partial charge is 0.297 e. The maximum Gasteiger partial charge on any atom is 0.269 e. The third-order valence-electron chi connectivity index (χ3n) is 6.74. The van der Waals surface area contributed by atoms with Crippen molar-refractivity contribution >= 4 is 50.7 Å². The number of halogens is 3. The molecule has 4 aromatic rings. The molecule has 0 spiro atoms. The van der Waals surface area contributed by atoms with E-state index in [4.69, 9.17) is 28.2 Å². The monoisotopic (exact) mass is 566 g/mol. The molecule has 176 valence electrons. The Balaban J connectivity index is 1.47. The van der Waals surface area contributed by atoms with Gasteiger partial charge in [-0.05, 0) is 48.6 Å². The van der Waals surface area contributed by atoms with Crippen LogP contribution in [0.5, 0.6) is 0 Å². The topological polar surface area (TPSA) is 49.6 Å². The zero-order valence-electron chi connectivity index (χ0n) is 18.6.